The smallest absolute Gasteiger partial charge is 0.123 e. The second-order valence-corrected chi connectivity index (χ2v) is 5.60. The molecule has 0 fully saturated rings. The third kappa shape index (κ3) is 4.29. The molecule has 1 rings (SSSR count). The molecule has 0 saturated heterocycles. The Hall–Kier alpha value is -0.930. The summed E-state index contributed by atoms with van der Waals surface area (Å²) in [5.41, 5.74) is 8.19. The van der Waals surface area contributed by atoms with E-state index in [0.717, 1.165) is 24.1 Å². The molecule has 3 heteroatoms. The Labute approximate surface area is 123 Å². The summed E-state index contributed by atoms with van der Waals surface area (Å²) in [4.78, 5) is 2.48. The number of unbranched alkanes of at least 4 members (excludes halogenated alkanes) is 1. The summed E-state index contributed by atoms with van der Waals surface area (Å²) in [7, 11) is 0. The first-order valence-corrected chi connectivity index (χ1v) is 7.76. The molecule has 0 saturated carbocycles. The molecule has 1 aromatic carbocycles. The predicted octanol–water partition coefficient (Wildman–Crippen LogP) is 4.03. The van der Waals surface area contributed by atoms with E-state index in [1.165, 1.54) is 12.8 Å². The van der Waals surface area contributed by atoms with Gasteiger partial charge in [-0.25, -0.2) is 4.39 Å². The zero-order chi connectivity index (χ0) is 15.1. The van der Waals surface area contributed by atoms with Gasteiger partial charge >= 0.3 is 0 Å². The molecule has 0 spiro atoms. The van der Waals surface area contributed by atoms with E-state index in [4.69, 9.17) is 5.73 Å². The van der Waals surface area contributed by atoms with Gasteiger partial charge in [0, 0.05) is 18.6 Å². The molecule has 114 valence electrons. The zero-order valence-corrected chi connectivity index (χ0v) is 13.3. The van der Waals surface area contributed by atoms with Crippen LogP contribution in [-0.4, -0.2) is 24.0 Å². The lowest BCUT2D eigenvalue weighted by Gasteiger charge is -2.36. The number of nitrogens with zero attached hydrogens (tertiary/aromatic N) is 1. The Morgan fingerprint density at radius 1 is 1.30 bits per heavy atom. The maximum atomic E-state index is 13.3. The third-order valence-electron chi connectivity index (χ3n) is 4.14. The normalized spacial score (nSPS) is 14.6. The van der Waals surface area contributed by atoms with Crippen molar-refractivity contribution in [3.63, 3.8) is 0 Å². The lowest BCUT2D eigenvalue weighted by molar-refractivity contribution is 0.140. The molecule has 0 amide bonds. The van der Waals surface area contributed by atoms with Crippen molar-refractivity contribution in [2.24, 2.45) is 5.73 Å². The van der Waals surface area contributed by atoms with E-state index < -0.39 is 0 Å². The molecule has 2 N–H and O–H groups in total. The molecule has 0 radical (unpaired) electrons. The molecule has 0 aliphatic rings. The van der Waals surface area contributed by atoms with Crippen molar-refractivity contribution < 1.29 is 4.39 Å². The SMILES string of the molecule is CCCCN(C(C)CC)C(CN)c1ccc(F)cc1C. The van der Waals surface area contributed by atoms with Crippen LogP contribution < -0.4 is 5.73 Å². The van der Waals surface area contributed by atoms with Crippen molar-refractivity contribution >= 4 is 0 Å². The number of aryl methyl sites for hydroxylation is 1. The predicted molar refractivity (Wildman–Crippen MR) is 84.3 cm³/mol. The quantitative estimate of drug-likeness (QED) is 0.779. The monoisotopic (exact) mass is 280 g/mol. The van der Waals surface area contributed by atoms with Gasteiger partial charge < -0.3 is 5.73 Å². The van der Waals surface area contributed by atoms with Crippen LogP contribution in [0.1, 0.15) is 57.2 Å². The first-order valence-electron chi connectivity index (χ1n) is 7.76. The average molecular weight is 280 g/mol. The van der Waals surface area contributed by atoms with Gasteiger partial charge in [0.15, 0.2) is 0 Å². The molecule has 0 aliphatic carbocycles. The Morgan fingerprint density at radius 2 is 2.00 bits per heavy atom. The summed E-state index contributed by atoms with van der Waals surface area (Å²) in [5, 5.41) is 0. The first-order chi connectivity index (χ1) is 9.54. The van der Waals surface area contributed by atoms with Crippen LogP contribution in [0.2, 0.25) is 0 Å². The highest BCUT2D eigenvalue weighted by Crippen LogP contribution is 2.27. The van der Waals surface area contributed by atoms with Gasteiger partial charge in [-0.15, -0.1) is 0 Å². The van der Waals surface area contributed by atoms with E-state index in [-0.39, 0.29) is 11.9 Å². The van der Waals surface area contributed by atoms with Gasteiger partial charge in [-0.1, -0.05) is 26.3 Å². The third-order valence-corrected chi connectivity index (χ3v) is 4.14. The fraction of sp³-hybridized carbons (Fsp3) is 0.647. The Balaban J connectivity index is 3.04. The van der Waals surface area contributed by atoms with Crippen molar-refractivity contribution in [3.8, 4) is 0 Å². The van der Waals surface area contributed by atoms with Crippen LogP contribution >= 0.6 is 0 Å². The fourth-order valence-electron chi connectivity index (χ4n) is 2.71. The van der Waals surface area contributed by atoms with Crippen LogP contribution in [0.5, 0.6) is 0 Å². The maximum Gasteiger partial charge on any atom is 0.123 e. The molecular formula is C17H29FN2. The Kier molecular flexibility index (Phi) is 7.17. The van der Waals surface area contributed by atoms with Gasteiger partial charge in [-0.05, 0) is 56.5 Å². The van der Waals surface area contributed by atoms with Crippen LogP contribution in [-0.2, 0) is 0 Å². The van der Waals surface area contributed by atoms with Crippen molar-refractivity contribution in [2.75, 3.05) is 13.1 Å². The highest BCUT2D eigenvalue weighted by molar-refractivity contribution is 5.30. The summed E-state index contributed by atoms with van der Waals surface area (Å²) < 4.78 is 13.3. The summed E-state index contributed by atoms with van der Waals surface area (Å²) in [6.45, 7) is 10.2. The van der Waals surface area contributed by atoms with E-state index >= 15 is 0 Å². The molecular weight excluding hydrogens is 251 g/mol. The lowest BCUT2D eigenvalue weighted by atomic mass is 9.97. The molecule has 2 nitrogen and oxygen atoms in total. The number of benzene rings is 1. The van der Waals surface area contributed by atoms with Crippen LogP contribution in [0, 0.1) is 12.7 Å². The molecule has 0 bridgehead atoms. The van der Waals surface area contributed by atoms with Crippen molar-refractivity contribution in [2.45, 2.75) is 59.0 Å². The topological polar surface area (TPSA) is 29.3 Å². The molecule has 2 atom stereocenters. The Bertz CT molecular complexity index is 406. The molecule has 2 unspecified atom stereocenters. The van der Waals surface area contributed by atoms with Crippen LogP contribution in [0.25, 0.3) is 0 Å². The maximum absolute atomic E-state index is 13.3. The van der Waals surface area contributed by atoms with Crippen LogP contribution in [0.4, 0.5) is 4.39 Å². The summed E-state index contributed by atoms with van der Waals surface area (Å²) in [6, 6.07) is 5.70. The molecule has 0 aliphatic heterocycles. The van der Waals surface area contributed by atoms with Gasteiger partial charge in [0.05, 0.1) is 0 Å². The largest absolute Gasteiger partial charge is 0.329 e. The van der Waals surface area contributed by atoms with Crippen molar-refractivity contribution in [3.05, 3.63) is 35.1 Å². The number of rotatable bonds is 8. The highest BCUT2D eigenvalue weighted by Gasteiger charge is 2.23. The minimum atomic E-state index is -0.175. The zero-order valence-electron chi connectivity index (χ0n) is 13.3. The summed E-state index contributed by atoms with van der Waals surface area (Å²) in [5.74, 6) is -0.175. The van der Waals surface area contributed by atoms with Crippen LogP contribution in [0.3, 0.4) is 0 Å². The van der Waals surface area contributed by atoms with Gasteiger partial charge in [0.2, 0.25) is 0 Å². The molecule has 0 aromatic heterocycles. The van der Waals surface area contributed by atoms with E-state index in [1.54, 1.807) is 12.1 Å². The van der Waals surface area contributed by atoms with Gasteiger partial charge in [0.25, 0.3) is 0 Å². The summed E-state index contributed by atoms with van der Waals surface area (Å²) in [6.07, 6.45) is 3.44. The highest BCUT2D eigenvalue weighted by atomic mass is 19.1. The molecule has 20 heavy (non-hydrogen) atoms. The summed E-state index contributed by atoms with van der Waals surface area (Å²) >= 11 is 0. The number of hydrogen-bond donors (Lipinski definition) is 1. The number of hydrogen-bond acceptors (Lipinski definition) is 2. The van der Waals surface area contributed by atoms with Crippen LogP contribution in [0.15, 0.2) is 18.2 Å². The molecule has 0 heterocycles. The second kappa shape index (κ2) is 8.38. The second-order valence-electron chi connectivity index (χ2n) is 5.60. The minimum absolute atomic E-state index is 0.175. The number of nitrogens with two attached hydrogens (primary N) is 1. The molecule has 1 aromatic rings. The minimum Gasteiger partial charge on any atom is -0.329 e. The van der Waals surface area contributed by atoms with Gasteiger partial charge in [-0.2, -0.15) is 0 Å². The standard InChI is InChI=1S/C17H29FN2/c1-5-7-10-20(14(4)6-2)17(12-19)16-9-8-15(18)11-13(16)3/h8-9,11,14,17H,5-7,10,12,19H2,1-4H3. The van der Waals surface area contributed by atoms with E-state index in [9.17, 15) is 4.39 Å². The van der Waals surface area contributed by atoms with Crippen molar-refractivity contribution in [1.29, 1.82) is 0 Å². The Morgan fingerprint density at radius 3 is 2.50 bits per heavy atom. The lowest BCUT2D eigenvalue weighted by Crippen LogP contribution is -2.40. The van der Waals surface area contributed by atoms with E-state index in [0.29, 0.717) is 12.6 Å². The first kappa shape index (κ1) is 17.1. The van der Waals surface area contributed by atoms with E-state index in [2.05, 4.69) is 25.7 Å². The van der Waals surface area contributed by atoms with Gasteiger partial charge in [-0.3, -0.25) is 4.90 Å². The van der Waals surface area contributed by atoms with Crippen molar-refractivity contribution in [1.82, 2.24) is 4.90 Å². The average Bonchev–Trinajstić information content (AvgIpc) is 2.44. The van der Waals surface area contributed by atoms with Gasteiger partial charge in [0.1, 0.15) is 5.82 Å². The number of halogens is 1. The fourth-order valence-corrected chi connectivity index (χ4v) is 2.71. The van der Waals surface area contributed by atoms with E-state index in [1.807, 2.05) is 13.0 Å².